The van der Waals surface area contributed by atoms with Crippen molar-refractivity contribution in [2.75, 3.05) is 11.1 Å². The number of hydrogen-bond donors (Lipinski definition) is 2. The van der Waals surface area contributed by atoms with Crippen LogP contribution in [0.5, 0.6) is 0 Å². The summed E-state index contributed by atoms with van der Waals surface area (Å²) in [5, 5.41) is 7.86. The molecule has 9 heteroatoms. The third-order valence-corrected chi connectivity index (χ3v) is 4.65. The summed E-state index contributed by atoms with van der Waals surface area (Å²) in [6.07, 6.45) is 5.50. The number of rotatable bonds is 5. The number of aromatic nitrogens is 5. The normalized spacial score (nSPS) is 12.2. The zero-order chi connectivity index (χ0) is 19.7. The van der Waals surface area contributed by atoms with E-state index in [1.165, 1.54) is 12.4 Å². The van der Waals surface area contributed by atoms with Gasteiger partial charge >= 0.3 is 0 Å². The molecule has 3 N–H and O–H groups in total. The molecule has 0 spiro atoms. The topological polar surface area (TPSA) is 94.0 Å². The standard InChI is InChI=1S/C19H17ClFN7/c1-2-14(12-5-4-11(20)8-13(12)21)26-16-9-15(24-10-25-16)17-18(22)27-28-7-3-6-23-19(17)28/h3-10,14H,2H2,1H3,(H2,22,27)(H,24,25,26)/t14-/m0/s1. The van der Waals surface area contributed by atoms with E-state index in [0.29, 0.717) is 45.5 Å². The van der Waals surface area contributed by atoms with Crippen LogP contribution in [-0.4, -0.2) is 24.6 Å². The van der Waals surface area contributed by atoms with Crippen molar-refractivity contribution >= 4 is 28.9 Å². The summed E-state index contributed by atoms with van der Waals surface area (Å²) in [7, 11) is 0. The number of fused-ring (bicyclic) bond motifs is 1. The number of hydrogen-bond acceptors (Lipinski definition) is 6. The Labute approximate surface area is 165 Å². The van der Waals surface area contributed by atoms with Crippen LogP contribution in [0.25, 0.3) is 16.9 Å². The van der Waals surface area contributed by atoms with Crippen molar-refractivity contribution in [3.05, 3.63) is 65.5 Å². The molecule has 7 nitrogen and oxygen atoms in total. The molecule has 142 valence electrons. The molecule has 0 bridgehead atoms. The summed E-state index contributed by atoms with van der Waals surface area (Å²) < 4.78 is 15.9. The summed E-state index contributed by atoms with van der Waals surface area (Å²) >= 11 is 5.86. The highest BCUT2D eigenvalue weighted by atomic mass is 35.5. The molecule has 0 radical (unpaired) electrons. The van der Waals surface area contributed by atoms with Crippen LogP contribution in [-0.2, 0) is 0 Å². The third-order valence-electron chi connectivity index (χ3n) is 4.41. The smallest absolute Gasteiger partial charge is 0.166 e. The Hall–Kier alpha value is -3.26. The van der Waals surface area contributed by atoms with E-state index in [9.17, 15) is 4.39 Å². The molecule has 4 rings (SSSR count). The molecule has 28 heavy (non-hydrogen) atoms. The SMILES string of the molecule is CC[C@H](Nc1cc(-c2c(N)nn3cccnc23)ncn1)c1ccc(Cl)cc1F. The molecule has 0 saturated carbocycles. The highest BCUT2D eigenvalue weighted by Crippen LogP contribution is 2.30. The molecular formula is C19H17ClFN7. The highest BCUT2D eigenvalue weighted by Gasteiger charge is 2.18. The van der Waals surface area contributed by atoms with E-state index >= 15 is 0 Å². The van der Waals surface area contributed by atoms with Gasteiger partial charge in [-0.15, -0.1) is 5.10 Å². The van der Waals surface area contributed by atoms with Gasteiger partial charge in [0.1, 0.15) is 18.0 Å². The summed E-state index contributed by atoms with van der Waals surface area (Å²) in [5.74, 6) is 0.497. The zero-order valence-electron chi connectivity index (χ0n) is 15.0. The molecule has 0 unspecified atom stereocenters. The summed E-state index contributed by atoms with van der Waals surface area (Å²) in [6, 6.07) is 7.88. The lowest BCUT2D eigenvalue weighted by molar-refractivity contribution is 0.587. The van der Waals surface area contributed by atoms with Gasteiger partial charge in [0.15, 0.2) is 11.5 Å². The minimum Gasteiger partial charge on any atom is -0.382 e. The number of halogens is 2. The van der Waals surface area contributed by atoms with Crippen molar-refractivity contribution < 1.29 is 4.39 Å². The monoisotopic (exact) mass is 397 g/mol. The molecule has 3 heterocycles. The van der Waals surface area contributed by atoms with Gasteiger partial charge in [-0.2, -0.15) is 0 Å². The highest BCUT2D eigenvalue weighted by molar-refractivity contribution is 6.30. The van der Waals surface area contributed by atoms with Crippen molar-refractivity contribution in [3.63, 3.8) is 0 Å². The van der Waals surface area contributed by atoms with Crippen molar-refractivity contribution in [1.29, 1.82) is 0 Å². The lowest BCUT2D eigenvalue weighted by atomic mass is 10.0. The molecule has 1 atom stereocenters. The first-order valence-corrected chi connectivity index (χ1v) is 9.07. The van der Waals surface area contributed by atoms with E-state index in [1.807, 2.05) is 6.92 Å². The summed E-state index contributed by atoms with van der Waals surface area (Å²) in [5.41, 5.74) is 8.39. The molecule has 0 amide bonds. The van der Waals surface area contributed by atoms with Gasteiger partial charge in [0.05, 0.1) is 17.3 Å². The number of nitrogen functional groups attached to an aromatic ring is 1. The maximum Gasteiger partial charge on any atom is 0.166 e. The minimum absolute atomic E-state index is 0.278. The molecule has 4 aromatic rings. The number of nitrogens with one attached hydrogen (secondary N) is 1. The lowest BCUT2D eigenvalue weighted by Crippen LogP contribution is -2.12. The van der Waals surface area contributed by atoms with E-state index in [-0.39, 0.29) is 11.9 Å². The second kappa shape index (κ2) is 7.40. The van der Waals surface area contributed by atoms with Gasteiger partial charge in [0.25, 0.3) is 0 Å². The fourth-order valence-electron chi connectivity index (χ4n) is 3.08. The lowest BCUT2D eigenvalue weighted by Gasteiger charge is -2.19. The Morgan fingerprint density at radius 1 is 1.25 bits per heavy atom. The van der Waals surface area contributed by atoms with Gasteiger partial charge in [-0.1, -0.05) is 24.6 Å². The molecule has 0 aliphatic heterocycles. The second-order valence-corrected chi connectivity index (χ2v) is 6.64. The van der Waals surface area contributed by atoms with Crippen molar-refractivity contribution in [3.8, 4) is 11.3 Å². The van der Waals surface area contributed by atoms with Crippen molar-refractivity contribution in [1.82, 2.24) is 24.6 Å². The van der Waals surface area contributed by atoms with Gasteiger partial charge in [0.2, 0.25) is 0 Å². The molecule has 0 saturated heterocycles. The van der Waals surface area contributed by atoms with Crippen LogP contribution in [0.4, 0.5) is 16.0 Å². The maximum atomic E-state index is 14.3. The van der Waals surface area contributed by atoms with Gasteiger partial charge in [0, 0.05) is 29.0 Å². The molecule has 1 aromatic carbocycles. The van der Waals surface area contributed by atoms with E-state index in [4.69, 9.17) is 17.3 Å². The molecule has 0 aliphatic carbocycles. The third kappa shape index (κ3) is 3.34. The number of nitrogens with two attached hydrogens (primary N) is 1. The molecule has 0 fully saturated rings. The van der Waals surface area contributed by atoms with Crippen LogP contribution in [0.2, 0.25) is 5.02 Å². The average Bonchev–Trinajstić information content (AvgIpc) is 3.02. The van der Waals surface area contributed by atoms with Crippen LogP contribution >= 0.6 is 11.6 Å². The Kier molecular flexibility index (Phi) is 4.79. The second-order valence-electron chi connectivity index (χ2n) is 6.21. The predicted octanol–water partition coefficient (Wildman–Crippen LogP) is 4.12. The van der Waals surface area contributed by atoms with Gasteiger partial charge in [-0.25, -0.2) is 23.9 Å². The van der Waals surface area contributed by atoms with Gasteiger partial charge in [-0.05, 0) is 24.6 Å². The van der Waals surface area contributed by atoms with E-state index in [2.05, 4.69) is 25.4 Å². The first-order chi connectivity index (χ1) is 13.6. The van der Waals surface area contributed by atoms with Gasteiger partial charge < -0.3 is 11.1 Å². The first kappa shape index (κ1) is 18.1. The largest absolute Gasteiger partial charge is 0.382 e. The Bertz CT molecular complexity index is 1140. The number of nitrogens with zero attached hydrogens (tertiary/aromatic N) is 5. The minimum atomic E-state index is -0.364. The molecule has 3 aromatic heterocycles. The van der Waals surface area contributed by atoms with Gasteiger partial charge in [-0.3, -0.25) is 0 Å². The average molecular weight is 398 g/mol. The predicted molar refractivity (Wildman–Crippen MR) is 106 cm³/mol. The van der Waals surface area contributed by atoms with E-state index < -0.39 is 0 Å². The number of benzene rings is 1. The van der Waals surface area contributed by atoms with Crippen LogP contribution < -0.4 is 11.1 Å². The Balaban J connectivity index is 1.69. The van der Waals surface area contributed by atoms with Crippen LogP contribution in [0.1, 0.15) is 24.9 Å². The summed E-state index contributed by atoms with van der Waals surface area (Å²) in [6.45, 7) is 1.96. The van der Waals surface area contributed by atoms with Crippen LogP contribution in [0, 0.1) is 5.82 Å². The number of anilines is 2. The van der Waals surface area contributed by atoms with Crippen LogP contribution in [0.15, 0.2) is 49.1 Å². The maximum absolute atomic E-state index is 14.3. The fourth-order valence-corrected chi connectivity index (χ4v) is 3.24. The quantitative estimate of drug-likeness (QED) is 0.526. The summed E-state index contributed by atoms with van der Waals surface area (Å²) in [4.78, 5) is 12.9. The Morgan fingerprint density at radius 3 is 2.89 bits per heavy atom. The fraction of sp³-hybridized carbons (Fsp3) is 0.158. The Morgan fingerprint density at radius 2 is 2.11 bits per heavy atom. The van der Waals surface area contributed by atoms with Crippen LogP contribution in [0.3, 0.4) is 0 Å². The molecular weight excluding hydrogens is 381 g/mol. The molecule has 0 aliphatic rings. The van der Waals surface area contributed by atoms with Crippen molar-refractivity contribution in [2.24, 2.45) is 0 Å². The van der Waals surface area contributed by atoms with E-state index in [1.54, 1.807) is 41.2 Å². The van der Waals surface area contributed by atoms with Crippen molar-refractivity contribution in [2.45, 2.75) is 19.4 Å². The van der Waals surface area contributed by atoms with E-state index in [0.717, 1.165) is 0 Å². The zero-order valence-corrected chi connectivity index (χ0v) is 15.7. The first-order valence-electron chi connectivity index (χ1n) is 8.69.